The SMILES string of the molecule is Cc1c(CNCCC2CCCO2)cnn1C. The van der Waals surface area contributed by atoms with Crippen LogP contribution in [0.3, 0.4) is 0 Å². The van der Waals surface area contributed by atoms with E-state index in [1.54, 1.807) is 0 Å². The Morgan fingerprint density at radius 2 is 2.50 bits per heavy atom. The Morgan fingerprint density at radius 3 is 3.12 bits per heavy atom. The standard InChI is InChI=1S/C12H21N3O/c1-10-11(9-14-15(10)2)8-13-6-5-12-4-3-7-16-12/h9,12-13H,3-8H2,1-2H3. The fourth-order valence-electron chi connectivity index (χ4n) is 2.08. The lowest BCUT2D eigenvalue weighted by Gasteiger charge is -2.09. The Hall–Kier alpha value is -0.870. The van der Waals surface area contributed by atoms with Crippen LogP contribution in [0.2, 0.25) is 0 Å². The van der Waals surface area contributed by atoms with Crippen molar-refractivity contribution < 1.29 is 4.74 Å². The first-order valence-electron chi connectivity index (χ1n) is 6.07. The number of rotatable bonds is 5. The van der Waals surface area contributed by atoms with E-state index >= 15 is 0 Å². The van der Waals surface area contributed by atoms with Crippen molar-refractivity contribution in [1.82, 2.24) is 15.1 Å². The molecule has 1 fully saturated rings. The summed E-state index contributed by atoms with van der Waals surface area (Å²) in [6.07, 6.45) is 6.01. The smallest absolute Gasteiger partial charge is 0.0588 e. The normalized spacial score (nSPS) is 20.5. The second kappa shape index (κ2) is 5.46. The molecule has 0 bridgehead atoms. The largest absolute Gasteiger partial charge is 0.378 e. The number of nitrogens with one attached hydrogen (secondary N) is 1. The van der Waals surface area contributed by atoms with Gasteiger partial charge in [0, 0.05) is 31.5 Å². The van der Waals surface area contributed by atoms with Gasteiger partial charge in [0.25, 0.3) is 0 Å². The van der Waals surface area contributed by atoms with Crippen molar-refractivity contribution in [3.8, 4) is 0 Å². The maximum atomic E-state index is 5.58. The number of nitrogens with zero attached hydrogens (tertiary/aromatic N) is 2. The zero-order valence-electron chi connectivity index (χ0n) is 10.2. The average molecular weight is 223 g/mol. The van der Waals surface area contributed by atoms with Gasteiger partial charge in [0.1, 0.15) is 0 Å². The molecule has 0 aliphatic carbocycles. The molecule has 1 aliphatic rings. The summed E-state index contributed by atoms with van der Waals surface area (Å²) in [5.74, 6) is 0. The Bertz CT molecular complexity index is 329. The minimum Gasteiger partial charge on any atom is -0.378 e. The molecular formula is C12H21N3O. The van der Waals surface area contributed by atoms with Crippen molar-refractivity contribution in [2.45, 2.75) is 38.8 Å². The maximum Gasteiger partial charge on any atom is 0.0588 e. The molecule has 0 saturated carbocycles. The van der Waals surface area contributed by atoms with E-state index in [2.05, 4.69) is 17.3 Å². The number of hydrogen-bond acceptors (Lipinski definition) is 3. The molecule has 1 aliphatic heterocycles. The Labute approximate surface area is 97.0 Å². The minimum absolute atomic E-state index is 0.488. The molecule has 1 N–H and O–H groups in total. The number of aromatic nitrogens is 2. The van der Waals surface area contributed by atoms with Gasteiger partial charge in [-0.25, -0.2) is 0 Å². The highest BCUT2D eigenvalue weighted by molar-refractivity contribution is 5.15. The van der Waals surface area contributed by atoms with E-state index in [4.69, 9.17) is 4.74 Å². The highest BCUT2D eigenvalue weighted by atomic mass is 16.5. The maximum absolute atomic E-state index is 5.58. The van der Waals surface area contributed by atoms with Gasteiger partial charge in [-0.15, -0.1) is 0 Å². The molecule has 2 heterocycles. The van der Waals surface area contributed by atoms with E-state index in [0.717, 1.165) is 26.1 Å². The average Bonchev–Trinajstić information content (AvgIpc) is 2.88. The summed E-state index contributed by atoms with van der Waals surface area (Å²) in [4.78, 5) is 0. The third kappa shape index (κ3) is 2.83. The molecule has 1 aromatic heterocycles. The topological polar surface area (TPSA) is 39.1 Å². The van der Waals surface area contributed by atoms with E-state index in [-0.39, 0.29) is 0 Å². The number of ether oxygens (including phenoxy) is 1. The van der Waals surface area contributed by atoms with Crippen LogP contribution in [-0.4, -0.2) is 29.0 Å². The first-order chi connectivity index (χ1) is 7.77. The Kier molecular flexibility index (Phi) is 3.96. The van der Waals surface area contributed by atoms with Crippen molar-refractivity contribution in [3.05, 3.63) is 17.5 Å². The van der Waals surface area contributed by atoms with Crippen LogP contribution < -0.4 is 5.32 Å². The fraction of sp³-hybridized carbons (Fsp3) is 0.750. The van der Waals surface area contributed by atoms with Gasteiger partial charge in [-0.1, -0.05) is 0 Å². The zero-order valence-corrected chi connectivity index (χ0v) is 10.2. The lowest BCUT2D eigenvalue weighted by molar-refractivity contribution is 0.104. The van der Waals surface area contributed by atoms with Gasteiger partial charge in [0.2, 0.25) is 0 Å². The van der Waals surface area contributed by atoms with Crippen LogP contribution in [0, 0.1) is 6.92 Å². The molecule has 4 heteroatoms. The summed E-state index contributed by atoms with van der Waals surface area (Å²) < 4.78 is 7.49. The minimum atomic E-state index is 0.488. The molecule has 90 valence electrons. The zero-order chi connectivity index (χ0) is 11.4. The van der Waals surface area contributed by atoms with Gasteiger partial charge < -0.3 is 10.1 Å². The molecule has 0 spiro atoms. The van der Waals surface area contributed by atoms with Crippen LogP contribution in [0.5, 0.6) is 0 Å². The number of aryl methyl sites for hydroxylation is 1. The molecule has 1 saturated heterocycles. The van der Waals surface area contributed by atoms with Crippen molar-refractivity contribution in [2.75, 3.05) is 13.2 Å². The first-order valence-corrected chi connectivity index (χ1v) is 6.07. The van der Waals surface area contributed by atoms with Crippen molar-refractivity contribution in [3.63, 3.8) is 0 Å². The highest BCUT2D eigenvalue weighted by Gasteiger charge is 2.14. The molecular weight excluding hydrogens is 202 g/mol. The van der Waals surface area contributed by atoms with E-state index in [0.29, 0.717) is 6.10 Å². The van der Waals surface area contributed by atoms with E-state index in [9.17, 15) is 0 Å². The molecule has 0 amide bonds. The van der Waals surface area contributed by atoms with Crippen LogP contribution in [0.15, 0.2) is 6.20 Å². The second-order valence-corrected chi connectivity index (χ2v) is 4.48. The van der Waals surface area contributed by atoms with Gasteiger partial charge in [-0.3, -0.25) is 4.68 Å². The fourth-order valence-corrected chi connectivity index (χ4v) is 2.08. The van der Waals surface area contributed by atoms with Gasteiger partial charge >= 0.3 is 0 Å². The summed E-state index contributed by atoms with van der Waals surface area (Å²) in [5.41, 5.74) is 2.53. The molecule has 0 aromatic carbocycles. The Balaban J connectivity index is 1.66. The summed E-state index contributed by atoms with van der Waals surface area (Å²) >= 11 is 0. The summed E-state index contributed by atoms with van der Waals surface area (Å²) in [6.45, 7) is 4.99. The quantitative estimate of drug-likeness (QED) is 0.767. The third-order valence-corrected chi connectivity index (χ3v) is 3.32. The van der Waals surface area contributed by atoms with Crippen molar-refractivity contribution in [1.29, 1.82) is 0 Å². The summed E-state index contributed by atoms with van der Waals surface area (Å²) in [6, 6.07) is 0. The molecule has 1 unspecified atom stereocenters. The van der Waals surface area contributed by atoms with Crippen LogP contribution in [0.1, 0.15) is 30.5 Å². The van der Waals surface area contributed by atoms with E-state index in [1.165, 1.54) is 24.1 Å². The molecule has 16 heavy (non-hydrogen) atoms. The summed E-state index contributed by atoms with van der Waals surface area (Å²) in [5, 5.41) is 7.67. The predicted octanol–water partition coefficient (Wildman–Crippen LogP) is 1.39. The third-order valence-electron chi connectivity index (χ3n) is 3.32. The monoisotopic (exact) mass is 223 g/mol. The molecule has 0 radical (unpaired) electrons. The van der Waals surface area contributed by atoms with Gasteiger partial charge in [-0.2, -0.15) is 5.10 Å². The van der Waals surface area contributed by atoms with Crippen molar-refractivity contribution in [2.24, 2.45) is 7.05 Å². The van der Waals surface area contributed by atoms with Crippen LogP contribution in [0.25, 0.3) is 0 Å². The highest BCUT2D eigenvalue weighted by Crippen LogP contribution is 2.14. The van der Waals surface area contributed by atoms with Gasteiger partial charge in [-0.05, 0) is 32.7 Å². The van der Waals surface area contributed by atoms with Crippen LogP contribution >= 0.6 is 0 Å². The van der Waals surface area contributed by atoms with Gasteiger partial charge in [0.05, 0.1) is 12.3 Å². The lowest BCUT2D eigenvalue weighted by Crippen LogP contribution is -2.20. The van der Waals surface area contributed by atoms with E-state index in [1.807, 2.05) is 17.9 Å². The van der Waals surface area contributed by atoms with Gasteiger partial charge in [0.15, 0.2) is 0 Å². The molecule has 1 atom stereocenters. The molecule has 4 nitrogen and oxygen atoms in total. The number of hydrogen-bond donors (Lipinski definition) is 1. The predicted molar refractivity (Wildman–Crippen MR) is 63.2 cm³/mol. The second-order valence-electron chi connectivity index (χ2n) is 4.48. The molecule has 2 rings (SSSR count). The van der Waals surface area contributed by atoms with Crippen LogP contribution in [0.4, 0.5) is 0 Å². The van der Waals surface area contributed by atoms with Crippen molar-refractivity contribution >= 4 is 0 Å². The van der Waals surface area contributed by atoms with Crippen LogP contribution in [-0.2, 0) is 18.3 Å². The van der Waals surface area contributed by atoms with E-state index < -0.39 is 0 Å². The summed E-state index contributed by atoms with van der Waals surface area (Å²) in [7, 11) is 1.98. The Morgan fingerprint density at radius 1 is 1.62 bits per heavy atom. The first kappa shape index (κ1) is 11.6. The molecule has 1 aromatic rings. The lowest BCUT2D eigenvalue weighted by atomic mass is 10.2.